The SMILES string of the molecule is BrC=C(Br)c1ccc(C(Br)=CBr)s1. The summed E-state index contributed by atoms with van der Waals surface area (Å²) in [6.07, 6.45) is 0. The molecule has 1 aromatic rings. The van der Waals surface area contributed by atoms with Crippen LogP contribution in [-0.2, 0) is 0 Å². The predicted molar refractivity (Wildman–Crippen MR) is 76.0 cm³/mol. The Hall–Kier alpha value is 1.10. The highest BCUT2D eigenvalue weighted by molar-refractivity contribution is 9.16. The molecule has 0 aliphatic carbocycles. The third-order valence-electron chi connectivity index (χ3n) is 1.27. The van der Waals surface area contributed by atoms with Crippen molar-refractivity contribution in [1.82, 2.24) is 0 Å². The second-order valence-electron chi connectivity index (χ2n) is 2.08. The molecule has 0 atom stereocenters. The summed E-state index contributed by atoms with van der Waals surface area (Å²) in [5, 5.41) is 0. The van der Waals surface area contributed by atoms with Crippen LogP contribution in [0, 0.1) is 0 Å². The van der Waals surface area contributed by atoms with E-state index in [9.17, 15) is 0 Å². The van der Waals surface area contributed by atoms with Crippen molar-refractivity contribution in [3.8, 4) is 0 Å². The van der Waals surface area contributed by atoms with Crippen LogP contribution in [0.25, 0.3) is 8.96 Å². The van der Waals surface area contributed by atoms with Gasteiger partial charge in [-0.15, -0.1) is 11.3 Å². The third kappa shape index (κ3) is 3.30. The fraction of sp³-hybridized carbons (Fsp3) is 0. The van der Waals surface area contributed by atoms with Crippen molar-refractivity contribution in [3.63, 3.8) is 0 Å². The largest absolute Gasteiger partial charge is 0.134 e. The van der Waals surface area contributed by atoms with Gasteiger partial charge in [0.2, 0.25) is 0 Å². The molecule has 1 rings (SSSR count). The average Bonchev–Trinajstić information content (AvgIpc) is 2.64. The molecule has 0 amide bonds. The lowest BCUT2D eigenvalue weighted by Gasteiger charge is -1.91. The molecule has 0 aliphatic heterocycles. The lowest BCUT2D eigenvalue weighted by Crippen LogP contribution is -1.62. The summed E-state index contributed by atoms with van der Waals surface area (Å²) >= 11 is 15.2. The molecular formula is C8H4Br4S. The first kappa shape index (κ1) is 12.2. The highest BCUT2D eigenvalue weighted by Crippen LogP contribution is 2.35. The minimum absolute atomic E-state index is 1.05. The molecule has 1 heterocycles. The van der Waals surface area contributed by atoms with Crippen LogP contribution in [0.4, 0.5) is 0 Å². The zero-order valence-electron chi connectivity index (χ0n) is 6.23. The van der Waals surface area contributed by atoms with E-state index < -0.39 is 0 Å². The minimum Gasteiger partial charge on any atom is -0.134 e. The smallest absolute Gasteiger partial charge is 0.0424 e. The van der Waals surface area contributed by atoms with Crippen molar-refractivity contribution in [1.29, 1.82) is 0 Å². The van der Waals surface area contributed by atoms with E-state index >= 15 is 0 Å². The fourth-order valence-corrected chi connectivity index (χ4v) is 3.07. The summed E-state index contributed by atoms with van der Waals surface area (Å²) in [7, 11) is 0. The maximum absolute atomic E-state index is 3.45. The van der Waals surface area contributed by atoms with E-state index in [1.807, 2.05) is 9.97 Å². The summed E-state index contributed by atoms with van der Waals surface area (Å²) in [5.74, 6) is 0. The van der Waals surface area contributed by atoms with Gasteiger partial charge in [-0.1, -0.05) is 31.9 Å². The molecular weight excluding hydrogens is 448 g/mol. The molecule has 0 bridgehead atoms. The van der Waals surface area contributed by atoms with E-state index in [2.05, 4.69) is 75.9 Å². The maximum atomic E-state index is 3.45. The first-order valence-corrected chi connectivity index (χ1v) is 7.44. The Bertz CT molecular complexity index is 318. The van der Waals surface area contributed by atoms with Gasteiger partial charge in [0.25, 0.3) is 0 Å². The monoisotopic (exact) mass is 448 g/mol. The molecule has 0 saturated carbocycles. The van der Waals surface area contributed by atoms with Crippen molar-refractivity contribution in [2.75, 3.05) is 0 Å². The van der Waals surface area contributed by atoms with Crippen molar-refractivity contribution < 1.29 is 0 Å². The molecule has 5 heteroatoms. The Balaban J connectivity index is 3.00. The molecule has 0 fully saturated rings. The van der Waals surface area contributed by atoms with Crippen LogP contribution in [0.3, 0.4) is 0 Å². The lowest BCUT2D eigenvalue weighted by atomic mass is 10.4. The molecule has 0 radical (unpaired) electrons. The molecule has 0 saturated heterocycles. The van der Waals surface area contributed by atoms with Gasteiger partial charge in [0, 0.05) is 18.7 Å². The quantitative estimate of drug-likeness (QED) is 0.523. The van der Waals surface area contributed by atoms with E-state index in [0.29, 0.717) is 0 Å². The molecule has 0 nitrogen and oxygen atoms in total. The summed E-state index contributed by atoms with van der Waals surface area (Å²) < 4.78 is 2.11. The lowest BCUT2D eigenvalue weighted by molar-refractivity contribution is 1.91. The Kier molecular flexibility index (Phi) is 5.48. The zero-order chi connectivity index (χ0) is 9.84. The minimum atomic E-state index is 1.05. The number of halogens is 4. The van der Waals surface area contributed by atoms with Gasteiger partial charge < -0.3 is 0 Å². The van der Waals surface area contributed by atoms with Crippen LogP contribution < -0.4 is 0 Å². The molecule has 0 aliphatic rings. The summed E-state index contributed by atoms with van der Waals surface area (Å²) in [5.41, 5.74) is 0. The second-order valence-corrected chi connectivity index (χ2v) is 5.79. The van der Waals surface area contributed by atoms with Crippen LogP contribution in [0.1, 0.15) is 9.75 Å². The molecule has 0 unspecified atom stereocenters. The van der Waals surface area contributed by atoms with Crippen molar-refractivity contribution in [2.24, 2.45) is 0 Å². The van der Waals surface area contributed by atoms with Gasteiger partial charge in [-0.3, -0.25) is 0 Å². The molecule has 70 valence electrons. The van der Waals surface area contributed by atoms with Gasteiger partial charge in [-0.05, 0) is 54.0 Å². The number of hydrogen-bond acceptors (Lipinski definition) is 1. The maximum Gasteiger partial charge on any atom is 0.0424 e. The van der Waals surface area contributed by atoms with E-state index in [1.165, 1.54) is 9.75 Å². The molecule has 0 aromatic carbocycles. The van der Waals surface area contributed by atoms with E-state index in [1.54, 1.807) is 11.3 Å². The Morgan fingerprint density at radius 1 is 1.00 bits per heavy atom. The molecule has 0 N–H and O–H groups in total. The molecule has 1 aromatic heterocycles. The summed E-state index contributed by atoms with van der Waals surface area (Å²) in [6.45, 7) is 0. The van der Waals surface area contributed by atoms with Gasteiger partial charge in [0.1, 0.15) is 0 Å². The highest BCUT2D eigenvalue weighted by atomic mass is 79.9. The van der Waals surface area contributed by atoms with Crippen molar-refractivity contribution >= 4 is 84.0 Å². The third-order valence-corrected chi connectivity index (χ3v) is 6.40. The highest BCUT2D eigenvalue weighted by Gasteiger charge is 2.04. The fourth-order valence-electron chi connectivity index (χ4n) is 0.702. The molecule has 0 spiro atoms. The second kappa shape index (κ2) is 5.85. The van der Waals surface area contributed by atoms with Crippen LogP contribution in [-0.4, -0.2) is 0 Å². The van der Waals surface area contributed by atoms with Crippen LogP contribution in [0.15, 0.2) is 22.1 Å². The van der Waals surface area contributed by atoms with E-state index in [4.69, 9.17) is 0 Å². The van der Waals surface area contributed by atoms with Gasteiger partial charge in [-0.2, -0.15) is 0 Å². The Morgan fingerprint density at radius 3 is 1.69 bits per heavy atom. The number of hydrogen-bond donors (Lipinski definition) is 0. The van der Waals surface area contributed by atoms with Crippen LogP contribution in [0.5, 0.6) is 0 Å². The Morgan fingerprint density at radius 2 is 1.38 bits per heavy atom. The van der Waals surface area contributed by atoms with E-state index in [0.717, 1.165) is 8.96 Å². The predicted octanol–water partition coefficient (Wildman–Crippen LogP) is 5.92. The Labute approximate surface area is 115 Å². The molecule has 13 heavy (non-hydrogen) atoms. The van der Waals surface area contributed by atoms with Crippen molar-refractivity contribution in [3.05, 3.63) is 31.9 Å². The first-order valence-electron chi connectivity index (χ1n) is 3.21. The van der Waals surface area contributed by atoms with E-state index in [-0.39, 0.29) is 0 Å². The standard InChI is InChI=1S/C8H4Br4S/c9-3-5(11)7-1-2-8(13-7)6(12)4-10/h1-4H. The average molecular weight is 452 g/mol. The van der Waals surface area contributed by atoms with Crippen molar-refractivity contribution in [2.45, 2.75) is 0 Å². The summed E-state index contributed by atoms with van der Waals surface area (Å²) in [6, 6.07) is 4.14. The summed E-state index contributed by atoms with van der Waals surface area (Å²) in [4.78, 5) is 6.10. The normalized spacial score (nSPS) is 13.5. The van der Waals surface area contributed by atoms with Gasteiger partial charge >= 0.3 is 0 Å². The van der Waals surface area contributed by atoms with Gasteiger partial charge in [0.15, 0.2) is 0 Å². The van der Waals surface area contributed by atoms with Gasteiger partial charge in [0.05, 0.1) is 0 Å². The van der Waals surface area contributed by atoms with Gasteiger partial charge in [-0.25, -0.2) is 0 Å². The first-order chi connectivity index (χ1) is 6.19. The zero-order valence-corrected chi connectivity index (χ0v) is 13.4. The van der Waals surface area contributed by atoms with Crippen LogP contribution in [0.2, 0.25) is 0 Å². The topological polar surface area (TPSA) is 0 Å². The van der Waals surface area contributed by atoms with Crippen LogP contribution >= 0.6 is 75.1 Å². The number of rotatable bonds is 2. The number of thiophene rings is 1.